The third-order valence-corrected chi connectivity index (χ3v) is 4.92. The number of phenols is 1. The van der Waals surface area contributed by atoms with Crippen LogP contribution in [0.3, 0.4) is 0 Å². The lowest BCUT2D eigenvalue weighted by atomic mass is 10.1. The molecular weight excluding hydrogens is 484 g/mol. The first-order chi connectivity index (χ1) is 17.5. The van der Waals surface area contributed by atoms with Gasteiger partial charge in [-0.3, -0.25) is 10.7 Å². The number of halogens is 1. The zero-order chi connectivity index (χ0) is 25.3. The molecule has 36 heavy (non-hydrogen) atoms. The fourth-order valence-electron chi connectivity index (χ4n) is 3.09. The number of amidine groups is 1. The molecule has 1 aromatic heterocycles. The summed E-state index contributed by atoms with van der Waals surface area (Å²) < 4.78 is 0. The topological polar surface area (TPSA) is 150 Å². The molecule has 0 aliphatic rings. The largest absolute Gasteiger partial charge is 0.506 e. The van der Waals surface area contributed by atoms with Crippen LogP contribution in [0.4, 0.5) is 23.0 Å². The van der Waals surface area contributed by atoms with E-state index in [0.717, 1.165) is 0 Å². The van der Waals surface area contributed by atoms with Crippen LogP contribution in [0.15, 0.2) is 88.1 Å². The number of rotatable bonds is 8. The van der Waals surface area contributed by atoms with Gasteiger partial charge in [-0.15, -0.1) is 10.2 Å². The molecule has 12 heteroatoms. The maximum absolute atomic E-state index is 10.0. The summed E-state index contributed by atoms with van der Waals surface area (Å²) in [7, 11) is 0. The number of nitrogens with one attached hydrogen (secondary N) is 2. The Hall–Kier alpha value is -4.45. The maximum Gasteiger partial charge on any atom is 0.231 e. The summed E-state index contributed by atoms with van der Waals surface area (Å²) in [5.41, 5.74) is 5.51. The van der Waals surface area contributed by atoms with Gasteiger partial charge in [0.1, 0.15) is 18.2 Å². The van der Waals surface area contributed by atoms with Crippen LogP contribution in [0.25, 0.3) is 0 Å². The zero-order valence-corrected chi connectivity index (χ0v) is 19.8. The second kappa shape index (κ2) is 11.8. The van der Waals surface area contributed by atoms with E-state index < -0.39 is 0 Å². The molecule has 0 unspecified atom stereocenters. The minimum absolute atomic E-state index is 0.0470. The number of para-hydroxylation sites is 2. The number of hydrogen-bond donors (Lipinski definition) is 4. The fraction of sp³-hybridized carbons (Fsp3) is 0.0833. The van der Waals surface area contributed by atoms with Crippen LogP contribution >= 0.6 is 11.6 Å². The number of benzene rings is 3. The van der Waals surface area contributed by atoms with Crippen molar-refractivity contribution in [2.24, 2.45) is 15.3 Å². The summed E-state index contributed by atoms with van der Waals surface area (Å²) in [4.78, 5) is 16.5. The average Bonchev–Trinajstić information content (AvgIpc) is 2.86. The Morgan fingerprint density at radius 2 is 1.78 bits per heavy atom. The SMILES string of the molecule is Cc1nc(Cl)nc(Nc2ccc(N=NC(=NNc3ccccc3O)c3ccccc3)c(COO)c2)n1. The molecule has 0 spiro atoms. The number of aromatic hydroxyl groups is 1. The van der Waals surface area contributed by atoms with Gasteiger partial charge in [-0.05, 0) is 48.9 Å². The number of phenolic OH excluding ortho intramolecular Hbond substituents is 1. The Balaban J connectivity index is 1.62. The third kappa shape index (κ3) is 6.57. The van der Waals surface area contributed by atoms with Gasteiger partial charge in [-0.25, -0.2) is 9.87 Å². The molecule has 0 amide bonds. The van der Waals surface area contributed by atoms with Crippen molar-refractivity contribution in [3.63, 3.8) is 0 Å². The molecular formula is C24H21ClN8O3. The van der Waals surface area contributed by atoms with E-state index in [-0.39, 0.29) is 29.4 Å². The summed E-state index contributed by atoms with van der Waals surface area (Å²) in [6.45, 7) is 1.56. The molecule has 0 bridgehead atoms. The van der Waals surface area contributed by atoms with Crippen molar-refractivity contribution in [2.45, 2.75) is 13.5 Å². The Labute approximate surface area is 211 Å². The Kier molecular flexibility index (Phi) is 8.08. The van der Waals surface area contributed by atoms with Crippen molar-refractivity contribution < 1.29 is 15.3 Å². The highest BCUT2D eigenvalue weighted by molar-refractivity contribution is 6.28. The first-order valence-electron chi connectivity index (χ1n) is 10.6. The summed E-state index contributed by atoms with van der Waals surface area (Å²) in [5.74, 6) is 1.05. The number of aromatic nitrogens is 3. The van der Waals surface area contributed by atoms with E-state index in [1.54, 1.807) is 49.4 Å². The predicted octanol–water partition coefficient (Wildman–Crippen LogP) is 5.83. The van der Waals surface area contributed by atoms with Crippen LogP contribution < -0.4 is 10.7 Å². The van der Waals surface area contributed by atoms with Crippen molar-refractivity contribution in [1.82, 2.24) is 15.0 Å². The standard InChI is InChI=1S/C24H21ClN8O3/c1-15-26-23(25)29-24(27-15)28-18-11-12-19(17(13-18)14-36-35)30-32-22(16-7-3-2-4-8-16)33-31-20-9-5-6-10-21(20)34/h2-13,31,34-35H,14H2,1H3,(H,26,27,28,29). The van der Waals surface area contributed by atoms with Crippen molar-refractivity contribution in [3.05, 3.63) is 95.0 Å². The van der Waals surface area contributed by atoms with E-state index in [4.69, 9.17) is 16.9 Å². The molecule has 4 rings (SSSR count). The van der Waals surface area contributed by atoms with Crippen LogP contribution in [-0.2, 0) is 11.5 Å². The summed E-state index contributed by atoms with van der Waals surface area (Å²) in [6.07, 6.45) is 0. The molecule has 182 valence electrons. The highest BCUT2D eigenvalue weighted by Crippen LogP contribution is 2.27. The first kappa shape index (κ1) is 24.7. The molecule has 0 fully saturated rings. The normalized spacial score (nSPS) is 11.6. The summed E-state index contributed by atoms with van der Waals surface area (Å²) >= 11 is 5.90. The van der Waals surface area contributed by atoms with Crippen LogP contribution in [0, 0.1) is 6.92 Å². The monoisotopic (exact) mass is 504 g/mol. The quantitative estimate of drug-likeness (QED) is 0.0584. The van der Waals surface area contributed by atoms with E-state index in [0.29, 0.717) is 34.0 Å². The van der Waals surface area contributed by atoms with E-state index in [1.807, 2.05) is 30.3 Å². The number of nitrogens with zero attached hydrogens (tertiary/aromatic N) is 6. The lowest BCUT2D eigenvalue weighted by Crippen LogP contribution is -2.02. The molecule has 4 N–H and O–H groups in total. The molecule has 0 aliphatic carbocycles. The Morgan fingerprint density at radius 3 is 2.53 bits per heavy atom. The van der Waals surface area contributed by atoms with Gasteiger partial charge in [0.2, 0.25) is 17.1 Å². The predicted molar refractivity (Wildman–Crippen MR) is 136 cm³/mol. The van der Waals surface area contributed by atoms with Crippen LogP contribution in [0.1, 0.15) is 17.0 Å². The molecule has 0 atom stereocenters. The third-order valence-electron chi connectivity index (χ3n) is 4.75. The maximum atomic E-state index is 10.0. The minimum Gasteiger partial charge on any atom is -0.506 e. The number of hydrazone groups is 1. The van der Waals surface area contributed by atoms with Crippen LogP contribution in [0.2, 0.25) is 5.28 Å². The molecule has 0 aliphatic heterocycles. The van der Waals surface area contributed by atoms with Crippen molar-refractivity contribution in [2.75, 3.05) is 10.7 Å². The van der Waals surface area contributed by atoms with Gasteiger partial charge < -0.3 is 10.4 Å². The first-order valence-corrected chi connectivity index (χ1v) is 11.0. The fourth-order valence-corrected chi connectivity index (χ4v) is 3.30. The van der Waals surface area contributed by atoms with E-state index >= 15 is 0 Å². The van der Waals surface area contributed by atoms with E-state index in [2.05, 4.69) is 45.9 Å². The average molecular weight is 505 g/mol. The highest BCUT2D eigenvalue weighted by Gasteiger charge is 2.09. The smallest absolute Gasteiger partial charge is 0.231 e. The zero-order valence-electron chi connectivity index (χ0n) is 19.0. The minimum atomic E-state index is -0.144. The molecule has 3 aromatic carbocycles. The summed E-state index contributed by atoms with van der Waals surface area (Å²) in [5, 5.41) is 35.2. The number of aryl methyl sites for hydroxylation is 1. The Morgan fingerprint density at radius 1 is 1.00 bits per heavy atom. The number of hydrogen-bond acceptors (Lipinski definition) is 10. The lowest BCUT2D eigenvalue weighted by Gasteiger charge is -2.09. The lowest BCUT2D eigenvalue weighted by molar-refractivity contribution is -0.252. The van der Waals surface area contributed by atoms with Gasteiger partial charge in [0.25, 0.3) is 0 Å². The molecule has 0 radical (unpaired) electrons. The van der Waals surface area contributed by atoms with Gasteiger partial charge in [-0.2, -0.15) is 15.1 Å². The second-order valence-electron chi connectivity index (χ2n) is 7.35. The van der Waals surface area contributed by atoms with Gasteiger partial charge in [0, 0.05) is 16.8 Å². The van der Waals surface area contributed by atoms with Gasteiger partial charge in [0.15, 0.2) is 0 Å². The van der Waals surface area contributed by atoms with Crippen molar-refractivity contribution >= 4 is 40.4 Å². The van der Waals surface area contributed by atoms with Crippen LogP contribution in [0.5, 0.6) is 5.75 Å². The molecule has 0 saturated heterocycles. The van der Waals surface area contributed by atoms with Gasteiger partial charge in [-0.1, -0.05) is 42.5 Å². The number of anilines is 3. The van der Waals surface area contributed by atoms with E-state index in [9.17, 15) is 5.11 Å². The second-order valence-corrected chi connectivity index (χ2v) is 7.69. The summed E-state index contributed by atoms with van der Waals surface area (Å²) in [6, 6.07) is 21.1. The molecule has 4 aromatic rings. The highest BCUT2D eigenvalue weighted by atomic mass is 35.5. The van der Waals surface area contributed by atoms with Gasteiger partial charge >= 0.3 is 0 Å². The molecule has 11 nitrogen and oxygen atoms in total. The molecule has 1 heterocycles. The van der Waals surface area contributed by atoms with Crippen molar-refractivity contribution in [1.29, 1.82) is 0 Å². The molecule has 0 saturated carbocycles. The Bertz CT molecular complexity index is 1380. The van der Waals surface area contributed by atoms with Crippen molar-refractivity contribution in [3.8, 4) is 5.75 Å². The van der Waals surface area contributed by atoms with E-state index in [1.165, 1.54) is 0 Å². The van der Waals surface area contributed by atoms with Crippen LogP contribution in [-0.4, -0.2) is 31.2 Å². The van der Waals surface area contributed by atoms with Gasteiger partial charge in [0.05, 0.1) is 11.4 Å². The number of azo groups is 1.